The van der Waals surface area contributed by atoms with Crippen LogP contribution in [0.1, 0.15) is 12.8 Å². The highest BCUT2D eigenvalue weighted by atomic mass is 35.5. The molecule has 1 fully saturated rings. The van der Waals surface area contributed by atoms with Crippen LogP contribution < -0.4 is 5.32 Å². The molecule has 0 amide bonds. The van der Waals surface area contributed by atoms with Crippen LogP contribution in [-0.4, -0.2) is 39.4 Å². The van der Waals surface area contributed by atoms with Crippen LogP contribution >= 0.6 is 11.6 Å². The Kier molecular flexibility index (Phi) is 5.01. The van der Waals surface area contributed by atoms with Crippen molar-refractivity contribution < 1.29 is 12.8 Å². The number of hydrogen-bond donors (Lipinski definition) is 1. The highest BCUT2D eigenvalue weighted by Gasteiger charge is 2.31. The number of hydrogen-bond acceptors (Lipinski definition) is 3. The number of rotatable bonds is 4. The van der Waals surface area contributed by atoms with E-state index in [0.29, 0.717) is 13.1 Å². The van der Waals surface area contributed by atoms with Crippen molar-refractivity contribution in [2.45, 2.75) is 17.7 Å². The first-order valence-electron chi connectivity index (χ1n) is 6.55. The minimum Gasteiger partial charge on any atom is -0.319 e. The Balaban J connectivity index is 2.25. The predicted octanol–water partition coefficient (Wildman–Crippen LogP) is 2.10. The van der Waals surface area contributed by atoms with Crippen LogP contribution in [-0.2, 0) is 10.0 Å². The highest BCUT2D eigenvalue weighted by Crippen LogP contribution is 2.26. The molecule has 1 unspecified atom stereocenters. The second-order valence-electron chi connectivity index (χ2n) is 5.00. The molecule has 0 aromatic heterocycles. The van der Waals surface area contributed by atoms with E-state index in [2.05, 4.69) is 5.32 Å². The first-order valence-corrected chi connectivity index (χ1v) is 8.36. The van der Waals surface area contributed by atoms with Crippen molar-refractivity contribution in [1.29, 1.82) is 0 Å². The van der Waals surface area contributed by atoms with E-state index in [1.165, 1.54) is 16.4 Å². The van der Waals surface area contributed by atoms with Gasteiger partial charge < -0.3 is 5.32 Å². The third-order valence-corrected chi connectivity index (χ3v) is 5.62. The summed E-state index contributed by atoms with van der Waals surface area (Å²) in [6, 6.07) is 3.66. The molecule has 0 bridgehead atoms. The van der Waals surface area contributed by atoms with E-state index in [1.807, 2.05) is 7.05 Å². The fourth-order valence-corrected chi connectivity index (χ4v) is 4.28. The Labute approximate surface area is 124 Å². The molecule has 7 heteroatoms. The molecule has 4 nitrogen and oxygen atoms in total. The van der Waals surface area contributed by atoms with E-state index in [-0.39, 0.29) is 15.8 Å². The van der Waals surface area contributed by atoms with Gasteiger partial charge in [0.25, 0.3) is 0 Å². The van der Waals surface area contributed by atoms with Crippen molar-refractivity contribution in [3.8, 4) is 0 Å². The Morgan fingerprint density at radius 1 is 1.50 bits per heavy atom. The second-order valence-corrected chi connectivity index (χ2v) is 7.35. The summed E-state index contributed by atoms with van der Waals surface area (Å²) in [4.78, 5) is -0.299. The Hall–Kier alpha value is -0.690. The summed E-state index contributed by atoms with van der Waals surface area (Å²) in [6.07, 6.45) is 1.77. The molecular weight excluding hydrogens is 303 g/mol. The highest BCUT2D eigenvalue weighted by molar-refractivity contribution is 7.89. The summed E-state index contributed by atoms with van der Waals surface area (Å²) < 4.78 is 40.2. The first kappa shape index (κ1) is 15.7. The van der Waals surface area contributed by atoms with Gasteiger partial charge in [-0.25, -0.2) is 12.8 Å². The molecule has 0 aliphatic carbocycles. The number of piperidine rings is 1. The standard InChI is InChI=1S/C13H18ClFN2O2S/c1-16-8-10-3-2-6-17(9-10)20(18,19)13-5-4-11(14)7-12(13)15/h4-5,7,10,16H,2-3,6,8-9H2,1H3. The minimum atomic E-state index is -3.79. The van der Waals surface area contributed by atoms with Crippen molar-refractivity contribution in [3.05, 3.63) is 29.0 Å². The van der Waals surface area contributed by atoms with Crippen LogP contribution in [0.2, 0.25) is 5.02 Å². The molecule has 0 saturated carbocycles. The van der Waals surface area contributed by atoms with E-state index in [9.17, 15) is 12.8 Å². The van der Waals surface area contributed by atoms with Crippen molar-refractivity contribution in [3.63, 3.8) is 0 Å². The van der Waals surface area contributed by atoms with Crippen LogP contribution in [0.5, 0.6) is 0 Å². The van der Waals surface area contributed by atoms with E-state index in [4.69, 9.17) is 11.6 Å². The lowest BCUT2D eigenvalue weighted by molar-refractivity contribution is 0.263. The molecule has 1 aromatic carbocycles. The fraction of sp³-hybridized carbons (Fsp3) is 0.538. The van der Waals surface area contributed by atoms with Gasteiger partial charge in [-0.1, -0.05) is 11.6 Å². The van der Waals surface area contributed by atoms with E-state index in [0.717, 1.165) is 25.5 Å². The summed E-state index contributed by atoms with van der Waals surface area (Å²) >= 11 is 5.66. The third-order valence-electron chi connectivity index (χ3n) is 3.49. The molecule has 1 aromatic rings. The van der Waals surface area contributed by atoms with Crippen molar-refractivity contribution in [2.24, 2.45) is 5.92 Å². The van der Waals surface area contributed by atoms with Crippen LogP contribution in [0.25, 0.3) is 0 Å². The van der Waals surface area contributed by atoms with Gasteiger partial charge in [0.15, 0.2) is 0 Å². The average Bonchev–Trinajstić information content (AvgIpc) is 2.39. The number of sulfonamides is 1. The van der Waals surface area contributed by atoms with Crippen LogP contribution in [0.4, 0.5) is 4.39 Å². The summed E-state index contributed by atoms with van der Waals surface area (Å²) in [5.74, 6) is -0.535. The molecular formula is C13H18ClFN2O2S. The summed E-state index contributed by atoms with van der Waals surface area (Å²) in [5, 5.41) is 3.24. The van der Waals surface area contributed by atoms with Gasteiger partial charge in [0.1, 0.15) is 10.7 Å². The molecule has 1 heterocycles. The zero-order valence-electron chi connectivity index (χ0n) is 11.3. The maximum absolute atomic E-state index is 13.8. The molecule has 20 heavy (non-hydrogen) atoms. The normalized spacial score (nSPS) is 21.1. The van der Waals surface area contributed by atoms with Crippen molar-refractivity contribution in [2.75, 3.05) is 26.7 Å². The fourth-order valence-electron chi connectivity index (χ4n) is 2.52. The lowest BCUT2D eigenvalue weighted by Crippen LogP contribution is -2.42. The van der Waals surface area contributed by atoms with Gasteiger partial charge >= 0.3 is 0 Å². The molecule has 2 rings (SSSR count). The maximum Gasteiger partial charge on any atom is 0.245 e. The zero-order chi connectivity index (χ0) is 14.8. The molecule has 1 aliphatic rings. The van der Waals surface area contributed by atoms with Gasteiger partial charge in [0, 0.05) is 18.1 Å². The van der Waals surface area contributed by atoms with Crippen molar-refractivity contribution >= 4 is 21.6 Å². The topological polar surface area (TPSA) is 49.4 Å². The monoisotopic (exact) mass is 320 g/mol. The SMILES string of the molecule is CNCC1CCCN(S(=O)(=O)c2ccc(Cl)cc2F)C1. The summed E-state index contributed by atoms with van der Waals surface area (Å²) in [6.45, 7) is 1.62. The van der Waals surface area contributed by atoms with Gasteiger partial charge in [-0.05, 0) is 50.6 Å². The molecule has 1 N–H and O–H groups in total. The van der Waals surface area contributed by atoms with Crippen LogP contribution in [0.15, 0.2) is 23.1 Å². The second kappa shape index (κ2) is 6.39. The Morgan fingerprint density at radius 3 is 2.90 bits per heavy atom. The van der Waals surface area contributed by atoms with E-state index < -0.39 is 15.8 Å². The Morgan fingerprint density at radius 2 is 2.25 bits per heavy atom. The molecule has 112 valence electrons. The van der Waals surface area contributed by atoms with Gasteiger partial charge in [-0.2, -0.15) is 4.31 Å². The lowest BCUT2D eigenvalue weighted by Gasteiger charge is -2.31. The molecule has 0 radical (unpaired) electrons. The van der Waals surface area contributed by atoms with Gasteiger partial charge in [-0.15, -0.1) is 0 Å². The van der Waals surface area contributed by atoms with Crippen LogP contribution in [0, 0.1) is 11.7 Å². The van der Waals surface area contributed by atoms with Gasteiger partial charge in [0.2, 0.25) is 10.0 Å². The number of nitrogens with zero attached hydrogens (tertiary/aromatic N) is 1. The smallest absolute Gasteiger partial charge is 0.245 e. The molecule has 0 spiro atoms. The average molecular weight is 321 g/mol. The van der Waals surface area contributed by atoms with E-state index >= 15 is 0 Å². The summed E-state index contributed by atoms with van der Waals surface area (Å²) in [5.41, 5.74) is 0. The first-order chi connectivity index (χ1) is 9.45. The summed E-state index contributed by atoms with van der Waals surface area (Å²) in [7, 11) is -1.95. The number of nitrogens with one attached hydrogen (secondary N) is 1. The van der Waals surface area contributed by atoms with E-state index in [1.54, 1.807) is 0 Å². The number of halogens is 2. The number of benzene rings is 1. The maximum atomic E-state index is 13.8. The van der Waals surface area contributed by atoms with Gasteiger partial charge in [0.05, 0.1) is 0 Å². The molecule has 1 aliphatic heterocycles. The quantitative estimate of drug-likeness (QED) is 0.924. The molecule has 1 saturated heterocycles. The molecule has 1 atom stereocenters. The van der Waals surface area contributed by atoms with Gasteiger partial charge in [-0.3, -0.25) is 0 Å². The van der Waals surface area contributed by atoms with Crippen molar-refractivity contribution in [1.82, 2.24) is 9.62 Å². The zero-order valence-corrected chi connectivity index (χ0v) is 12.8. The largest absolute Gasteiger partial charge is 0.319 e. The lowest BCUT2D eigenvalue weighted by atomic mass is 10.00. The predicted molar refractivity (Wildman–Crippen MR) is 76.8 cm³/mol. The minimum absolute atomic E-state index is 0.188. The van der Waals surface area contributed by atoms with Crippen LogP contribution in [0.3, 0.4) is 0 Å². The Bertz CT molecular complexity index is 578. The third kappa shape index (κ3) is 3.31.